The summed E-state index contributed by atoms with van der Waals surface area (Å²) < 4.78 is 17.6. The fourth-order valence-electron chi connectivity index (χ4n) is 1.49. The van der Waals surface area contributed by atoms with Crippen molar-refractivity contribution in [1.29, 1.82) is 0 Å². The van der Waals surface area contributed by atoms with E-state index in [9.17, 15) is 9.18 Å². The van der Waals surface area contributed by atoms with Crippen LogP contribution in [0, 0.1) is 5.82 Å². The Balaban J connectivity index is 2.33. The molecule has 2 rings (SSSR count). The molecule has 0 unspecified atom stereocenters. The SMILES string of the molecule is CC(=O)Oc1ncc(-c2ccc(F)cc2)cc1N. The summed E-state index contributed by atoms with van der Waals surface area (Å²) >= 11 is 0. The summed E-state index contributed by atoms with van der Waals surface area (Å²) in [6, 6.07) is 7.57. The lowest BCUT2D eigenvalue weighted by Crippen LogP contribution is -2.05. The standard InChI is InChI=1S/C13H11FN2O2/c1-8(17)18-13-12(15)6-10(7-16-13)9-2-4-11(14)5-3-9/h2-7H,15H2,1H3. The lowest BCUT2D eigenvalue weighted by atomic mass is 10.1. The smallest absolute Gasteiger partial charge is 0.309 e. The maximum absolute atomic E-state index is 12.8. The van der Waals surface area contributed by atoms with Gasteiger partial charge < -0.3 is 10.5 Å². The van der Waals surface area contributed by atoms with Crippen LogP contribution in [-0.4, -0.2) is 11.0 Å². The first kappa shape index (κ1) is 12.0. The zero-order valence-corrected chi connectivity index (χ0v) is 9.68. The van der Waals surface area contributed by atoms with Gasteiger partial charge in [0.15, 0.2) is 0 Å². The number of nitrogens with zero attached hydrogens (tertiary/aromatic N) is 1. The highest BCUT2D eigenvalue weighted by atomic mass is 19.1. The third kappa shape index (κ3) is 2.63. The second kappa shape index (κ2) is 4.83. The molecule has 0 aliphatic rings. The van der Waals surface area contributed by atoms with E-state index < -0.39 is 5.97 Å². The molecule has 0 spiro atoms. The summed E-state index contributed by atoms with van der Waals surface area (Å²) in [6.07, 6.45) is 1.52. The Kier molecular flexibility index (Phi) is 3.23. The summed E-state index contributed by atoms with van der Waals surface area (Å²) in [4.78, 5) is 14.8. The number of ether oxygens (including phenoxy) is 1. The third-order valence-corrected chi connectivity index (χ3v) is 2.30. The van der Waals surface area contributed by atoms with Crippen LogP contribution in [0.4, 0.5) is 10.1 Å². The molecule has 0 saturated carbocycles. The molecule has 1 aromatic heterocycles. The van der Waals surface area contributed by atoms with Gasteiger partial charge in [-0.25, -0.2) is 9.37 Å². The van der Waals surface area contributed by atoms with Crippen molar-refractivity contribution in [1.82, 2.24) is 4.98 Å². The number of carbonyl (C=O) groups excluding carboxylic acids is 1. The molecule has 0 amide bonds. The molecule has 18 heavy (non-hydrogen) atoms. The molecule has 1 heterocycles. The van der Waals surface area contributed by atoms with Crippen LogP contribution in [0.2, 0.25) is 0 Å². The molecule has 0 saturated heterocycles. The number of halogens is 1. The largest absolute Gasteiger partial charge is 0.405 e. The molecule has 0 fully saturated rings. The Morgan fingerprint density at radius 1 is 1.28 bits per heavy atom. The molecule has 0 aliphatic carbocycles. The first-order valence-corrected chi connectivity index (χ1v) is 5.26. The number of anilines is 1. The molecule has 0 radical (unpaired) electrons. The number of hydrogen-bond acceptors (Lipinski definition) is 4. The van der Waals surface area contributed by atoms with Crippen molar-refractivity contribution in [3.8, 4) is 17.0 Å². The summed E-state index contributed by atoms with van der Waals surface area (Å²) in [5, 5.41) is 0. The minimum Gasteiger partial charge on any atom is -0.405 e. The van der Waals surface area contributed by atoms with E-state index in [2.05, 4.69) is 4.98 Å². The highest BCUT2D eigenvalue weighted by Crippen LogP contribution is 2.26. The van der Waals surface area contributed by atoms with Gasteiger partial charge in [-0.05, 0) is 23.8 Å². The van der Waals surface area contributed by atoms with Crippen LogP contribution in [0.15, 0.2) is 36.5 Å². The molecule has 0 atom stereocenters. The Morgan fingerprint density at radius 3 is 2.50 bits per heavy atom. The Labute approximate surface area is 103 Å². The molecule has 92 valence electrons. The summed E-state index contributed by atoms with van der Waals surface area (Å²) in [5.74, 6) is -0.715. The van der Waals surface area contributed by atoms with Crippen molar-refractivity contribution in [3.63, 3.8) is 0 Å². The van der Waals surface area contributed by atoms with Gasteiger partial charge in [-0.2, -0.15) is 0 Å². The summed E-state index contributed by atoms with van der Waals surface area (Å²) in [6.45, 7) is 1.27. The van der Waals surface area contributed by atoms with Crippen molar-refractivity contribution in [3.05, 3.63) is 42.3 Å². The number of rotatable bonds is 2. The molecule has 0 aliphatic heterocycles. The highest BCUT2D eigenvalue weighted by Gasteiger charge is 2.07. The van der Waals surface area contributed by atoms with Crippen LogP contribution in [0.1, 0.15) is 6.92 Å². The van der Waals surface area contributed by atoms with E-state index >= 15 is 0 Å². The first-order valence-electron chi connectivity index (χ1n) is 5.26. The van der Waals surface area contributed by atoms with Gasteiger partial charge in [0.1, 0.15) is 5.82 Å². The minimum absolute atomic E-state index is 0.0772. The number of benzene rings is 1. The average molecular weight is 246 g/mol. The number of pyridine rings is 1. The number of esters is 1. The monoisotopic (exact) mass is 246 g/mol. The van der Waals surface area contributed by atoms with Gasteiger partial charge >= 0.3 is 5.97 Å². The molecule has 4 nitrogen and oxygen atoms in total. The predicted molar refractivity (Wildman–Crippen MR) is 65.4 cm³/mol. The summed E-state index contributed by atoms with van der Waals surface area (Å²) in [7, 11) is 0. The lowest BCUT2D eigenvalue weighted by Gasteiger charge is -2.06. The van der Waals surface area contributed by atoms with Crippen LogP contribution in [0.3, 0.4) is 0 Å². The fourth-order valence-corrected chi connectivity index (χ4v) is 1.49. The van der Waals surface area contributed by atoms with Gasteiger partial charge in [0.25, 0.3) is 0 Å². The van der Waals surface area contributed by atoms with Gasteiger partial charge in [-0.1, -0.05) is 12.1 Å². The molecule has 0 bridgehead atoms. The summed E-state index contributed by atoms with van der Waals surface area (Å²) in [5.41, 5.74) is 7.49. The molecular weight excluding hydrogens is 235 g/mol. The molecule has 2 N–H and O–H groups in total. The van der Waals surface area contributed by atoms with Crippen molar-refractivity contribution in [2.45, 2.75) is 6.92 Å². The second-order valence-corrected chi connectivity index (χ2v) is 3.72. The van der Waals surface area contributed by atoms with E-state index in [1.165, 1.54) is 25.3 Å². The quantitative estimate of drug-likeness (QED) is 0.826. The van der Waals surface area contributed by atoms with Crippen molar-refractivity contribution < 1.29 is 13.9 Å². The molecular formula is C13H11FN2O2. The van der Waals surface area contributed by atoms with Gasteiger partial charge in [0.2, 0.25) is 5.88 Å². The lowest BCUT2D eigenvalue weighted by molar-refractivity contribution is -0.132. The van der Waals surface area contributed by atoms with Crippen molar-refractivity contribution >= 4 is 11.7 Å². The third-order valence-electron chi connectivity index (χ3n) is 2.30. The predicted octanol–water partition coefficient (Wildman–Crippen LogP) is 2.40. The number of nitrogens with two attached hydrogens (primary N) is 1. The minimum atomic E-state index is -0.483. The van der Waals surface area contributed by atoms with E-state index in [-0.39, 0.29) is 17.4 Å². The highest BCUT2D eigenvalue weighted by molar-refractivity contribution is 5.73. The van der Waals surface area contributed by atoms with E-state index in [4.69, 9.17) is 10.5 Å². The number of hydrogen-bond donors (Lipinski definition) is 1. The maximum atomic E-state index is 12.8. The number of carbonyl (C=O) groups is 1. The van der Waals surface area contributed by atoms with Gasteiger partial charge in [0.05, 0.1) is 5.69 Å². The molecule has 1 aromatic carbocycles. The van der Waals surface area contributed by atoms with Gasteiger partial charge in [-0.15, -0.1) is 0 Å². The topological polar surface area (TPSA) is 65.2 Å². The average Bonchev–Trinajstić information content (AvgIpc) is 2.32. The fraction of sp³-hybridized carbons (Fsp3) is 0.0769. The van der Waals surface area contributed by atoms with E-state index in [0.717, 1.165) is 11.1 Å². The van der Waals surface area contributed by atoms with Crippen LogP contribution < -0.4 is 10.5 Å². The van der Waals surface area contributed by atoms with E-state index in [0.29, 0.717) is 0 Å². The Hall–Kier alpha value is -2.43. The Bertz CT molecular complexity index is 582. The van der Waals surface area contributed by atoms with Crippen LogP contribution in [0.5, 0.6) is 5.88 Å². The van der Waals surface area contributed by atoms with Crippen molar-refractivity contribution in [2.24, 2.45) is 0 Å². The van der Waals surface area contributed by atoms with Gasteiger partial charge in [-0.3, -0.25) is 4.79 Å². The zero-order chi connectivity index (χ0) is 13.1. The first-order chi connectivity index (χ1) is 8.56. The van der Waals surface area contributed by atoms with E-state index in [1.807, 2.05) is 0 Å². The Morgan fingerprint density at radius 2 is 1.94 bits per heavy atom. The van der Waals surface area contributed by atoms with Crippen LogP contribution in [-0.2, 0) is 4.79 Å². The molecule has 5 heteroatoms. The molecule has 2 aromatic rings. The zero-order valence-electron chi connectivity index (χ0n) is 9.68. The normalized spacial score (nSPS) is 10.1. The number of aromatic nitrogens is 1. The van der Waals surface area contributed by atoms with Gasteiger partial charge in [0, 0.05) is 18.7 Å². The van der Waals surface area contributed by atoms with Crippen molar-refractivity contribution in [2.75, 3.05) is 5.73 Å². The van der Waals surface area contributed by atoms with Crippen LogP contribution in [0.25, 0.3) is 11.1 Å². The second-order valence-electron chi connectivity index (χ2n) is 3.72. The number of nitrogen functional groups attached to an aromatic ring is 1. The van der Waals surface area contributed by atoms with Crippen LogP contribution >= 0.6 is 0 Å². The maximum Gasteiger partial charge on any atom is 0.309 e. The van der Waals surface area contributed by atoms with E-state index in [1.54, 1.807) is 18.2 Å².